The lowest BCUT2D eigenvalue weighted by molar-refractivity contribution is -0.117. The molecule has 2 aromatic rings. The zero-order valence-electron chi connectivity index (χ0n) is 13.6. The standard InChI is InChI=1S/C14H19N5O5S/c1-25(21,22)18-10-4-2-6-19(8-10)9-12(20)15-14-17-16-13(24-14)11-5-3-7-23-11/h3,5,7,10,18H,2,4,6,8-9H2,1H3,(H,15,17,20)/t10-/m0/s1. The number of aromatic nitrogens is 2. The second kappa shape index (κ2) is 7.33. The van der Waals surface area contributed by atoms with Crippen LogP contribution in [0.3, 0.4) is 0 Å². The predicted molar refractivity (Wildman–Crippen MR) is 88.1 cm³/mol. The highest BCUT2D eigenvalue weighted by molar-refractivity contribution is 7.88. The molecule has 0 aromatic carbocycles. The second-order valence-electron chi connectivity index (χ2n) is 5.90. The van der Waals surface area contributed by atoms with Crippen LogP contribution in [0, 0.1) is 0 Å². The molecule has 10 nitrogen and oxygen atoms in total. The topological polar surface area (TPSA) is 131 Å². The molecule has 0 unspecified atom stereocenters. The number of likely N-dealkylation sites (tertiary alicyclic amines) is 1. The van der Waals surface area contributed by atoms with Crippen LogP contribution in [0.25, 0.3) is 11.7 Å². The molecule has 136 valence electrons. The Morgan fingerprint density at radius 3 is 3.00 bits per heavy atom. The van der Waals surface area contributed by atoms with Crippen molar-refractivity contribution in [1.29, 1.82) is 0 Å². The first-order chi connectivity index (χ1) is 11.9. The molecule has 1 aliphatic rings. The van der Waals surface area contributed by atoms with Gasteiger partial charge in [-0.1, -0.05) is 5.10 Å². The van der Waals surface area contributed by atoms with Crippen LogP contribution in [-0.2, 0) is 14.8 Å². The zero-order chi connectivity index (χ0) is 17.9. The molecule has 0 bridgehead atoms. The highest BCUT2D eigenvalue weighted by Gasteiger charge is 2.24. The van der Waals surface area contributed by atoms with E-state index in [4.69, 9.17) is 8.83 Å². The first-order valence-electron chi connectivity index (χ1n) is 7.76. The molecule has 11 heteroatoms. The third-order valence-electron chi connectivity index (χ3n) is 3.66. The Bertz CT molecular complexity index is 817. The van der Waals surface area contributed by atoms with E-state index < -0.39 is 10.0 Å². The van der Waals surface area contributed by atoms with E-state index in [0.29, 0.717) is 12.3 Å². The molecule has 0 radical (unpaired) electrons. The molecule has 2 N–H and O–H groups in total. The van der Waals surface area contributed by atoms with E-state index >= 15 is 0 Å². The summed E-state index contributed by atoms with van der Waals surface area (Å²) < 4.78 is 35.7. The van der Waals surface area contributed by atoms with Gasteiger partial charge in [-0.25, -0.2) is 13.1 Å². The Morgan fingerprint density at radius 1 is 1.44 bits per heavy atom. The van der Waals surface area contributed by atoms with E-state index in [2.05, 4.69) is 20.2 Å². The molecule has 1 aliphatic heterocycles. The third-order valence-corrected chi connectivity index (χ3v) is 4.42. The summed E-state index contributed by atoms with van der Waals surface area (Å²) in [6, 6.07) is 3.15. The van der Waals surface area contributed by atoms with Gasteiger partial charge in [0.2, 0.25) is 15.9 Å². The molecule has 1 amide bonds. The number of anilines is 1. The number of nitrogens with one attached hydrogen (secondary N) is 2. The van der Waals surface area contributed by atoms with E-state index in [1.54, 1.807) is 12.1 Å². The fourth-order valence-electron chi connectivity index (χ4n) is 2.73. The Morgan fingerprint density at radius 2 is 2.28 bits per heavy atom. The zero-order valence-corrected chi connectivity index (χ0v) is 14.5. The number of amides is 1. The Kier molecular flexibility index (Phi) is 5.16. The average Bonchev–Trinajstić information content (AvgIpc) is 3.16. The van der Waals surface area contributed by atoms with Crippen molar-refractivity contribution in [3.05, 3.63) is 18.4 Å². The van der Waals surface area contributed by atoms with Gasteiger partial charge < -0.3 is 8.83 Å². The maximum atomic E-state index is 12.1. The van der Waals surface area contributed by atoms with E-state index in [1.807, 2.05) is 4.90 Å². The van der Waals surface area contributed by atoms with Gasteiger partial charge in [-0.3, -0.25) is 15.0 Å². The summed E-state index contributed by atoms with van der Waals surface area (Å²) in [5.41, 5.74) is 0. The van der Waals surface area contributed by atoms with Crippen LogP contribution in [0.5, 0.6) is 0 Å². The number of hydrogen-bond donors (Lipinski definition) is 2. The number of sulfonamides is 1. The van der Waals surface area contributed by atoms with Crippen molar-refractivity contribution in [2.45, 2.75) is 18.9 Å². The smallest absolute Gasteiger partial charge is 0.322 e. The van der Waals surface area contributed by atoms with E-state index in [1.165, 1.54) is 6.26 Å². The van der Waals surface area contributed by atoms with Crippen LogP contribution in [0.2, 0.25) is 0 Å². The van der Waals surface area contributed by atoms with Gasteiger partial charge in [0.25, 0.3) is 5.89 Å². The number of nitrogens with zero attached hydrogens (tertiary/aromatic N) is 3. The minimum Gasteiger partial charge on any atom is -0.459 e. The van der Waals surface area contributed by atoms with Gasteiger partial charge in [-0.15, -0.1) is 5.10 Å². The highest BCUT2D eigenvalue weighted by atomic mass is 32.2. The number of rotatable bonds is 6. The van der Waals surface area contributed by atoms with Gasteiger partial charge in [0, 0.05) is 12.6 Å². The summed E-state index contributed by atoms with van der Waals surface area (Å²) in [6.45, 7) is 1.30. The number of hydrogen-bond acceptors (Lipinski definition) is 8. The number of furan rings is 1. The van der Waals surface area contributed by atoms with Crippen LogP contribution in [0.1, 0.15) is 12.8 Å². The fraction of sp³-hybridized carbons (Fsp3) is 0.500. The predicted octanol–water partition coefficient (Wildman–Crippen LogP) is 0.282. The van der Waals surface area contributed by atoms with E-state index in [9.17, 15) is 13.2 Å². The molecule has 1 atom stereocenters. The fourth-order valence-corrected chi connectivity index (χ4v) is 3.53. The lowest BCUT2D eigenvalue weighted by Gasteiger charge is -2.31. The molecule has 0 saturated carbocycles. The lowest BCUT2D eigenvalue weighted by Crippen LogP contribution is -2.49. The number of piperidine rings is 1. The maximum Gasteiger partial charge on any atom is 0.322 e. The van der Waals surface area contributed by atoms with Crippen molar-refractivity contribution in [2.24, 2.45) is 0 Å². The van der Waals surface area contributed by atoms with Gasteiger partial charge in [0.15, 0.2) is 5.76 Å². The van der Waals surface area contributed by atoms with Crippen LogP contribution in [-0.4, -0.2) is 61.4 Å². The van der Waals surface area contributed by atoms with Crippen molar-refractivity contribution in [2.75, 3.05) is 31.2 Å². The minimum atomic E-state index is -3.26. The Hall–Kier alpha value is -2.24. The summed E-state index contributed by atoms with van der Waals surface area (Å²) in [5, 5.41) is 10.1. The van der Waals surface area contributed by atoms with Gasteiger partial charge >= 0.3 is 6.01 Å². The van der Waals surface area contributed by atoms with Crippen LogP contribution in [0.4, 0.5) is 6.01 Å². The molecular formula is C14H19N5O5S. The van der Waals surface area contributed by atoms with Crippen LogP contribution >= 0.6 is 0 Å². The van der Waals surface area contributed by atoms with Gasteiger partial charge in [0.1, 0.15) is 0 Å². The SMILES string of the molecule is CS(=O)(=O)N[C@H]1CCCN(CC(=O)Nc2nnc(-c3ccco3)o2)C1. The highest BCUT2D eigenvalue weighted by Crippen LogP contribution is 2.19. The first-order valence-corrected chi connectivity index (χ1v) is 9.65. The molecule has 0 spiro atoms. The van der Waals surface area contributed by atoms with Gasteiger partial charge in [-0.05, 0) is 31.5 Å². The molecule has 1 fully saturated rings. The maximum absolute atomic E-state index is 12.1. The minimum absolute atomic E-state index is 0.0146. The number of carbonyl (C=O) groups excluding carboxylic acids is 1. The lowest BCUT2D eigenvalue weighted by atomic mass is 10.1. The van der Waals surface area contributed by atoms with Gasteiger partial charge in [-0.2, -0.15) is 0 Å². The van der Waals surface area contributed by atoms with Crippen molar-refractivity contribution < 1.29 is 22.0 Å². The summed E-state index contributed by atoms with van der Waals surface area (Å²) >= 11 is 0. The van der Waals surface area contributed by atoms with Gasteiger partial charge in [0.05, 0.1) is 19.1 Å². The van der Waals surface area contributed by atoms with Crippen molar-refractivity contribution in [3.8, 4) is 11.7 Å². The van der Waals surface area contributed by atoms with Crippen molar-refractivity contribution in [3.63, 3.8) is 0 Å². The quantitative estimate of drug-likeness (QED) is 0.742. The monoisotopic (exact) mass is 369 g/mol. The molecule has 2 aromatic heterocycles. The molecular weight excluding hydrogens is 350 g/mol. The second-order valence-corrected chi connectivity index (χ2v) is 7.68. The average molecular weight is 369 g/mol. The van der Waals surface area contributed by atoms with Crippen LogP contribution < -0.4 is 10.0 Å². The van der Waals surface area contributed by atoms with Crippen LogP contribution in [0.15, 0.2) is 27.2 Å². The number of carbonyl (C=O) groups is 1. The summed E-state index contributed by atoms with van der Waals surface area (Å²) in [7, 11) is -3.26. The molecule has 0 aliphatic carbocycles. The molecule has 3 heterocycles. The van der Waals surface area contributed by atoms with E-state index in [0.717, 1.165) is 25.6 Å². The normalized spacial score (nSPS) is 19.0. The molecule has 1 saturated heterocycles. The summed E-state index contributed by atoms with van der Waals surface area (Å²) in [6.07, 6.45) is 4.17. The molecule has 25 heavy (non-hydrogen) atoms. The van der Waals surface area contributed by atoms with Crippen molar-refractivity contribution in [1.82, 2.24) is 19.8 Å². The summed E-state index contributed by atoms with van der Waals surface area (Å²) in [5.74, 6) is 0.282. The molecule has 3 rings (SSSR count). The van der Waals surface area contributed by atoms with E-state index in [-0.39, 0.29) is 30.4 Å². The summed E-state index contributed by atoms with van der Waals surface area (Å²) in [4.78, 5) is 14.0. The van der Waals surface area contributed by atoms with Crippen molar-refractivity contribution >= 4 is 21.9 Å². The first kappa shape index (κ1) is 17.6. The third kappa shape index (κ3) is 5.11. The Balaban J connectivity index is 1.52. The Labute approximate surface area is 144 Å². The largest absolute Gasteiger partial charge is 0.459 e.